The summed E-state index contributed by atoms with van der Waals surface area (Å²) in [4.78, 5) is 4.30. The van der Waals surface area contributed by atoms with Gasteiger partial charge < -0.3 is 19.0 Å². The maximum Gasteiger partial charge on any atom is 0.492 e. The Balaban J connectivity index is 1.73. The van der Waals surface area contributed by atoms with E-state index in [9.17, 15) is 5.02 Å². The summed E-state index contributed by atoms with van der Waals surface area (Å²) in [5, 5.41) is 10.00. The summed E-state index contributed by atoms with van der Waals surface area (Å²) in [6.07, 6.45) is 1.68. The van der Waals surface area contributed by atoms with Crippen LogP contribution in [0.15, 0.2) is 54.9 Å². The van der Waals surface area contributed by atoms with Gasteiger partial charge in [-0.3, -0.25) is 0 Å². The van der Waals surface area contributed by atoms with Gasteiger partial charge in [0.05, 0.1) is 24.5 Å². The molecule has 0 saturated carbocycles. The molecule has 0 spiro atoms. The van der Waals surface area contributed by atoms with Gasteiger partial charge in [0.2, 0.25) is 0 Å². The van der Waals surface area contributed by atoms with Gasteiger partial charge in [-0.1, -0.05) is 30.3 Å². The predicted molar refractivity (Wildman–Crippen MR) is 81.4 cm³/mol. The number of hydrogen-bond acceptors (Lipinski definition) is 4. The van der Waals surface area contributed by atoms with Crippen LogP contribution < -0.4 is 10.2 Å². The molecular weight excluding hydrogens is 267 g/mol. The van der Waals surface area contributed by atoms with E-state index < -0.39 is 7.12 Å². The number of aromatic nitrogens is 2. The zero-order chi connectivity index (χ0) is 14.7. The molecule has 0 fully saturated rings. The van der Waals surface area contributed by atoms with E-state index in [0.29, 0.717) is 0 Å². The zero-order valence-corrected chi connectivity index (χ0v) is 11.6. The van der Waals surface area contributed by atoms with E-state index >= 15 is 0 Å². The highest BCUT2D eigenvalue weighted by molar-refractivity contribution is 6.59. The normalized spacial score (nSPS) is 10.8. The topological polar surface area (TPSA) is 56.5 Å². The number of ether oxygens (including phenoxy) is 1. The molecule has 0 atom stereocenters. The summed E-state index contributed by atoms with van der Waals surface area (Å²) < 4.78 is 12.5. The molecule has 2 aromatic carbocycles. The Kier molecular flexibility index (Phi) is 3.90. The van der Waals surface area contributed by atoms with E-state index in [-0.39, 0.29) is 6.73 Å². The maximum atomic E-state index is 10.00. The van der Waals surface area contributed by atoms with Crippen molar-refractivity contribution in [2.45, 2.75) is 6.73 Å². The molecule has 21 heavy (non-hydrogen) atoms. The fourth-order valence-corrected chi connectivity index (χ4v) is 2.14. The average Bonchev–Trinajstić information content (AvgIpc) is 2.95. The van der Waals surface area contributed by atoms with Crippen molar-refractivity contribution in [1.29, 1.82) is 0 Å². The van der Waals surface area contributed by atoms with Gasteiger partial charge in [-0.15, -0.1) is 0 Å². The lowest BCUT2D eigenvalue weighted by Crippen LogP contribution is -2.33. The number of methoxy groups -OCH3 is 1. The predicted octanol–water partition coefficient (Wildman–Crippen LogP) is 1.41. The van der Waals surface area contributed by atoms with Crippen molar-refractivity contribution in [2.75, 3.05) is 7.11 Å². The molecule has 1 N–H and O–H groups in total. The molecule has 6 heteroatoms. The first-order chi connectivity index (χ1) is 10.3. The highest BCUT2D eigenvalue weighted by Crippen LogP contribution is 2.19. The van der Waals surface area contributed by atoms with E-state index in [0.717, 1.165) is 22.2 Å². The Morgan fingerprint density at radius 1 is 1.19 bits per heavy atom. The lowest BCUT2D eigenvalue weighted by atomic mass is 9.80. The van der Waals surface area contributed by atoms with Crippen molar-refractivity contribution in [3.05, 3.63) is 54.9 Å². The summed E-state index contributed by atoms with van der Waals surface area (Å²) in [6, 6.07) is 14.9. The van der Waals surface area contributed by atoms with Crippen molar-refractivity contribution < 1.29 is 14.4 Å². The molecular formula is C15H15BN2O3. The second-order valence-electron chi connectivity index (χ2n) is 4.63. The van der Waals surface area contributed by atoms with Crippen LogP contribution in [0.25, 0.3) is 11.0 Å². The molecule has 0 aliphatic carbocycles. The smallest absolute Gasteiger partial charge is 0.492 e. The number of rotatable bonds is 5. The van der Waals surface area contributed by atoms with Crippen LogP contribution in [-0.4, -0.2) is 28.8 Å². The molecule has 0 saturated heterocycles. The summed E-state index contributed by atoms with van der Waals surface area (Å²) in [7, 11) is 0.666. The van der Waals surface area contributed by atoms with Gasteiger partial charge in [0.25, 0.3) is 0 Å². The summed E-state index contributed by atoms with van der Waals surface area (Å²) in [6.45, 7) is 0.221. The largest absolute Gasteiger partial charge is 0.497 e. The molecule has 0 bridgehead atoms. The summed E-state index contributed by atoms with van der Waals surface area (Å²) >= 11 is 0. The number of nitrogens with zero attached hydrogens (tertiary/aromatic N) is 2. The van der Waals surface area contributed by atoms with Crippen LogP contribution in [0.5, 0.6) is 5.75 Å². The van der Waals surface area contributed by atoms with Crippen molar-refractivity contribution in [2.24, 2.45) is 0 Å². The van der Waals surface area contributed by atoms with Crippen LogP contribution in [0.3, 0.4) is 0 Å². The molecule has 0 amide bonds. The third kappa shape index (κ3) is 2.91. The van der Waals surface area contributed by atoms with Gasteiger partial charge >= 0.3 is 7.12 Å². The van der Waals surface area contributed by atoms with Gasteiger partial charge in [-0.25, -0.2) is 4.98 Å². The van der Waals surface area contributed by atoms with Crippen LogP contribution in [0, 0.1) is 0 Å². The maximum absolute atomic E-state index is 10.00. The number of hydrogen-bond donors (Lipinski definition) is 1. The van der Waals surface area contributed by atoms with Crippen LogP contribution >= 0.6 is 0 Å². The SMILES string of the molecule is COc1ccc2c(c1)ncn2COB(O)c1ccccc1. The second-order valence-corrected chi connectivity index (χ2v) is 4.63. The standard InChI is InChI=1S/C15H15BN2O3/c1-20-13-7-8-15-14(9-13)17-10-18(15)11-21-16(19)12-5-3-2-4-6-12/h2-10,19H,11H2,1H3. The number of imidazole rings is 1. The minimum Gasteiger partial charge on any atom is -0.497 e. The molecule has 0 radical (unpaired) electrons. The Labute approximate surface area is 122 Å². The summed E-state index contributed by atoms with van der Waals surface area (Å²) in [5.41, 5.74) is 2.48. The molecule has 0 aliphatic rings. The fraction of sp³-hybridized carbons (Fsp3) is 0.133. The fourth-order valence-electron chi connectivity index (χ4n) is 2.14. The first-order valence-corrected chi connectivity index (χ1v) is 6.61. The first-order valence-electron chi connectivity index (χ1n) is 6.61. The van der Waals surface area contributed by atoms with Crippen LogP contribution in [0.4, 0.5) is 0 Å². The van der Waals surface area contributed by atoms with E-state index in [2.05, 4.69) is 4.98 Å². The molecule has 106 valence electrons. The van der Waals surface area contributed by atoms with Gasteiger partial charge in [-0.05, 0) is 17.6 Å². The molecule has 1 heterocycles. The summed E-state index contributed by atoms with van der Waals surface area (Å²) in [5.74, 6) is 0.762. The van der Waals surface area contributed by atoms with Crippen molar-refractivity contribution in [3.63, 3.8) is 0 Å². The molecule has 0 unspecified atom stereocenters. The van der Waals surface area contributed by atoms with Gasteiger partial charge in [0, 0.05) is 6.07 Å². The highest BCUT2D eigenvalue weighted by atomic mass is 16.5. The molecule has 5 nitrogen and oxygen atoms in total. The Morgan fingerprint density at radius 2 is 2.00 bits per heavy atom. The van der Waals surface area contributed by atoms with E-state index in [1.807, 2.05) is 53.1 Å². The van der Waals surface area contributed by atoms with Crippen LogP contribution in [-0.2, 0) is 11.4 Å². The lowest BCUT2D eigenvalue weighted by molar-refractivity contribution is 0.206. The number of benzene rings is 2. The van der Waals surface area contributed by atoms with E-state index in [4.69, 9.17) is 9.39 Å². The monoisotopic (exact) mass is 282 g/mol. The minimum absolute atomic E-state index is 0.221. The first kappa shape index (κ1) is 13.7. The highest BCUT2D eigenvalue weighted by Gasteiger charge is 2.16. The van der Waals surface area contributed by atoms with Crippen LogP contribution in [0.2, 0.25) is 0 Å². The Morgan fingerprint density at radius 3 is 2.76 bits per heavy atom. The van der Waals surface area contributed by atoms with Gasteiger partial charge in [-0.2, -0.15) is 0 Å². The molecule has 3 rings (SSSR count). The van der Waals surface area contributed by atoms with Gasteiger partial charge in [0.15, 0.2) is 0 Å². The Hall–Kier alpha value is -2.31. The third-order valence-corrected chi connectivity index (χ3v) is 3.28. The third-order valence-electron chi connectivity index (χ3n) is 3.28. The molecule has 3 aromatic rings. The van der Waals surface area contributed by atoms with Gasteiger partial charge in [0.1, 0.15) is 12.5 Å². The quantitative estimate of drug-likeness (QED) is 0.719. The van der Waals surface area contributed by atoms with E-state index in [1.165, 1.54) is 0 Å². The molecule has 0 aliphatic heterocycles. The lowest BCUT2D eigenvalue weighted by Gasteiger charge is -2.10. The number of fused-ring (bicyclic) bond motifs is 1. The van der Waals surface area contributed by atoms with Crippen LogP contribution in [0.1, 0.15) is 0 Å². The second kappa shape index (κ2) is 5.99. The zero-order valence-electron chi connectivity index (χ0n) is 11.6. The van der Waals surface area contributed by atoms with Crippen molar-refractivity contribution in [1.82, 2.24) is 9.55 Å². The molecule has 1 aromatic heterocycles. The average molecular weight is 282 g/mol. The van der Waals surface area contributed by atoms with E-state index in [1.54, 1.807) is 13.4 Å². The minimum atomic E-state index is -0.957. The Bertz CT molecular complexity index is 730. The van der Waals surface area contributed by atoms with Crippen molar-refractivity contribution >= 4 is 23.6 Å². The van der Waals surface area contributed by atoms with Crippen molar-refractivity contribution in [3.8, 4) is 5.75 Å².